The molecule has 0 aliphatic heterocycles. The largest absolute Gasteiger partial charge is 0.241 e. The second-order valence-corrected chi connectivity index (χ2v) is 3.94. The fraction of sp³-hybridized carbons (Fsp3) is 0.0909. The number of aromatic nitrogens is 1. The third kappa shape index (κ3) is 1.49. The first-order valence-electron chi connectivity index (χ1n) is 4.18. The van der Waals surface area contributed by atoms with Crippen LogP contribution >= 0.6 is 15.9 Å². The van der Waals surface area contributed by atoms with Gasteiger partial charge in [-0.1, -0.05) is 11.6 Å². The van der Waals surface area contributed by atoms with Crippen LogP contribution in [0.4, 0.5) is 0 Å². The van der Waals surface area contributed by atoms with Crippen molar-refractivity contribution in [3.63, 3.8) is 0 Å². The van der Waals surface area contributed by atoms with Crippen LogP contribution in [-0.4, -0.2) is 4.98 Å². The van der Waals surface area contributed by atoms with Crippen LogP contribution in [0, 0.1) is 18.3 Å². The zero-order valence-corrected chi connectivity index (χ0v) is 9.17. The number of hydrogen-bond donors (Lipinski definition) is 0. The van der Waals surface area contributed by atoms with Crippen molar-refractivity contribution >= 4 is 26.8 Å². The Labute approximate surface area is 90.3 Å². The normalized spacial score (nSPS) is 10.1. The lowest BCUT2D eigenvalue weighted by Crippen LogP contribution is -1.86. The van der Waals surface area contributed by atoms with E-state index < -0.39 is 0 Å². The van der Waals surface area contributed by atoms with Gasteiger partial charge in [-0.15, -0.1) is 0 Å². The second kappa shape index (κ2) is 3.39. The van der Waals surface area contributed by atoms with Crippen LogP contribution < -0.4 is 0 Å². The summed E-state index contributed by atoms with van der Waals surface area (Å²) < 4.78 is 0.699. The van der Waals surface area contributed by atoms with Gasteiger partial charge < -0.3 is 0 Å². The average Bonchev–Trinajstić information content (AvgIpc) is 2.17. The summed E-state index contributed by atoms with van der Waals surface area (Å²) in [6, 6.07) is 9.80. The predicted molar refractivity (Wildman–Crippen MR) is 58.9 cm³/mol. The second-order valence-electron chi connectivity index (χ2n) is 3.12. The maximum Gasteiger partial charge on any atom is 0.108 e. The molecular weight excluding hydrogens is 240 g/mol. The highest BCUT2D eigenvalue weighted by molar-refractivity contribution is 9.10. The summed E-state index contributed by atoms with van der Waals surface area (Å²) in [6.45, 7) is 2.00. The number of fused-ring (bicyclic) bond motifs is 1. The molecule has 2 nitrogen and oxygen atoms in total. The van der Waals surface area contributed by atoms with Gasteiger partial charge in [-0.05, 0) is 41.1 Å². The van der Waals surface area contributed by atoms with Gasteiger partial charge in [0.25, 0.3) is 0 Å². The summed E-state index contributed by atoms with van der Waals surface area (Å²) in [5, 5.41) is 9.87. The summed E-state index contributed by atoms with van der Waals surface area (Å²) >= 11 is 3.28. The molecule has 1 aromatic heterocycles. The summed E-state index contributed by atoms with van der Waals surface area (Å²) in [4.78, 5) is 4.29. The molecule has 0 bridgehead atoms. The first-order valence-corrected chi connectivity index (χ1v) is 4.97. The molecule has 0 amide bonds. The van der Waals surface area contributed by atoms with E-state index in [9.17, 15) is 0 Å². The molecule has 0 N–H and O–H groups in total. The van der Waals surface area contributed by atoms with Crippen molar-refractivity contribution in [2.45, 2.75) is 6.92 Å². The quantitative estimate of drug-likeness (QED) is 0.670. The van der Waals surface area contributed by atoms with Crippen molar-refractivity contribution in [3.8, 4) is 6.07 Å². The van der Waals surface area contributed by atoms with E-state index in [1.807, 2.05) is 25.1 Å². The number of pyridine rings is 1. The van der Waals surface area contributed by atoms with Crippen molar-refractivity contribution < 1.29 is 0 Å². The minimum Gasteiger partial charge on any atom is -0.241 e. The number of nitrogens with zero attached hydrogens (tertiary/aromatic N) is 2. The molecule has 0 atom stereocenters. The molecule has 1 heterocycles. The zero-order valence-electron chi connectivity index (χ0n) is 7.58. The molecule has 14 heavy (non-hydrogen) atoms. The lowest BCUT2D eigenvalue weighted by atomic mass is 10.1. The Morgan fingerprint density at radius 2 is 2.14 bits per heavy atom. The fourth-order valence-electron chi connectivity index (χ4n) is 1.40. The summed E-state index contributed by atoms with van der Waals surface area (Å²) in [7, 11) is 0. The van der Waals surface area contributed by atoms with Crippen LogP contribution in [0.1, 0.15) is 11.1 Å². The Hall–Kier alpha value is -1.40. The van der Waals surface area contributed by atoms with E-state index >= 15 is 0 Å². The van der Waals surface area contributed by atoms with E-state index in [0.717, 1.165) is 16.5 Å². The molecule has 3 heteroatoms. The third-order valence-electron chi connectivity index (χ3n) is 2.05. The third-order valence-corrected chi connectivity index (χ3v) is 2.46. The molecule has 0 unspecified atom stereocenters. The Bertz CT molecular complexity index is 541. The highest BCUT2D eigenvalue weighted by Crippen LogP contribution is 2.21. The summed E-state index contributed by atoms with van der Waals surface area (Å²) in [5.74, 6) is 0. The minimum atomic E-state index is 0.658. The molecular formula is C11H7BrN2. The Morgan fingerprint density at radius 3 is 2.86 bits per heavy atom. The zero-order chi connectivity index (χ0) is 10.1. The van der Waals surface area contributed by atoms with Crippen LogP contribution in [0.3, 0.4) is 0 Å². The van der Waals surface area contributed by atoms with Crippen LogP contribution in [0.5, 0.6) is 0 Å². The van der Waals surface area contributed by atoms with Gasteiger partial charge >= 0.3 is 0 Å². The summed E-state index contributed by atoms with van der Waals surface area (Å²) in [6.07, 6.45) is 0. The van der Waals surface area contributed by atoms with Crippen molar-refractivity contribution in [2.24, 2.45) is 0 Å². The van der Waals surface area contributed by atoms with Gasteiger partial charge in [0, 0.05) is 5.39 Å². The van der Waals surface area contributed by atoms with Crippen LogP contribution in [0.15, 0.2) is 28.9 Å². The van der Waals surface area contributed by atoms with Crippen LogP contribution in [0.25, 0.3) is 10.9 Å². The first kappa shape index (κ1) is 9.17. The monoisotopic (exact) mass is 246 g/mol. The van der Waals surface area contributed by atoms with Gasteiger partial charge in [-0.2, -0.15) is 5.26 Å². The smallest absolute Gasteiger partial charge is 0.108 e. The molecule has 68 valence electrons. The van der Waals surface area contributed by atoms with E-state index in [1.54, 1.807) is 6.07 Å². The van der Waals surface area contributed by atoms with Crippen molar-refractivity contribution in [2.75, 3.05) is 0 Å². The highest BCUT2D eigenvalue weighted by Gasteiger charge is 2.03. The van der Waals surface area contributed by atoms with Crippen molar-refractivity contribution in [1.29, 1.82) is 5.26 Å². The molecule has 0 saturated carbocycles. The topological polar surface area (TPSA) is 36.7 Å². The number of aryl methyl sites for hydroxylation is 1. The molecule has 0 saturated heterocycles. The standard InChI is InChI=1S/C11H7BrN2/c1-7-2-3-10-9(4-7)8(6-13)5-11(12)14-10/h2-5H,1H3. The van der Waals surface area contributed by atoms with Crippen LogP contribution in [-0.2, 0) is 0 Å². The minimum absolute atomic E-state index is 0.658. The van der Waals surface area contributed by atoms with E-state index in [4.69, 9.17) is 5.26 Å². The lowest BCUT2D eigenvalue weighted by molar-refractivity contribution is 1.33. The SMILES string of the molecule is Cc1ccc2nc(Br)cc(C#N)c2c1. The van der Waals surface area contributed by atoms with E-state index in [1.165, 1.54) is 0 Å². The Morgan fingerprint density at radius 1 is 1.36 bits per heavy atom. The van der Waals surface area contributed by atoms with Crippen LogP contribution in [0.2, 0.25) is 0 Å². The highest BCUT2D eigenvalue weighted by atomic mass is 79.9. The molecule has 2 rings (SSSR count). The van der Waals surface area contributed by atoms with Gasteiger partial charge in [-0.25, -0.2) is 4.98 Å². The molecule has 0 aliphatic carbocycles. The van der Waals surface area contributed by atoms with Gasteiger partial charge in [0.2, 0.25) is 0 Å². The number of rotatable bonds is 0. The van der Waals surface area contributed by atoms with E-state index in [-0.39, 0.29) is 0 Å². The van der Waals surface area contributed by atoms with Gasteiger partial charge in [0.15, 0.2) is 0 Å². The predicted octanol–water partition coefficient (Wildman–Crippen LogP) is 3.18. The Balaban J connectivity index is 2.90. The lowest BCUT2D eigenvalue weighted by Gasteiger charge is -2.01. The number of halogens is 1. The molecule has 1 aromatic carbocycles. The first-order chi connectivity index (χ1) is 6.70. The fourth-order valence-corrected chi connectivity index (χ4v) is 1.82. The molecule has 2 aromatic rings. The van der Waals surface area contributed by atoms with Gasteiger partial charge in [-0.3, -0.25) is 0 Å². The number of hydrogen-bond acceptors (Lipinski definition) is 2. The molecule has 0 radical (unpaired) electrons. The van der Waals surface area contributed by atoms with Gasteiger partial charge in [0.1, 0.15) is 4.60 Å². The summed E-state index contributed by atoms with van der Waals surface area (Å²) in [5.41, 5.74) is 2.64. The van der Waals surface area contributed by atoms with Gasteiger partial charge in [0.05, 0.1) is 17.1 Å². The maximum absolute atomic E-state index is 8.95. The average molecular weight is 247 g/mol. The van der Waals surface area contributed by atoms with Crippen molar-refractivity contribution in [3.05, 3.63) is 40.0 Å². The molecule has 0 spiro atoms. The van der Waals surface area contributed by atoms with Crippen molar-refractivity contribution in [1.82, 2.24) is 4.98 Å². The number of nitriles is 1. The molecule has 0 fully saturated rings. The van der Waals surface area contributed by atoms with E-state index in [0.29, 0.717) is 10.2 Å². The molecule has 0 aliphatic rings. The van der Waals surface area contributed by atoms with E-state index in [2.05, 4.69) is 27.0 Å². The number of benzene rings is 1. The maximum atomic E-state index is 8.95. The Kier molecular flexibility index (Phi) is 2.22.